The summed E-state index contributed by atoms with van der Waals surface area (Å²) in [6, 6.07) is 3.25. The minimum Gasteiger partial charge on any atom is -0.491 e. The summed E-state index contributed by atoms with van der Waals surface area (Å²) in [6.45, 7) is 2.16. The Labute approximate surface area is 128 Å². The third kappa shape index (κ3) is 5.38. The van der Waals surface area contributed by atoms with Crippen LogP contribution in [0, 0.1) is 0 Å². The number of aliphatic hydroxyl groups excluding tert-OH is 2. The van der Waals surface area contributed by atoms with E-state index in [0.29, 0.717) is 12.4 Å². The van der Waals surface area contributed by atoms with Crippen molar-refractivity contribution in [2.24, 2.45) is 0 Å². The van der Waals surface area contributed by atoms with Gasteiger partial charge in [-0.25, -0.2) is 0 Å². The zero-order valence-corrected chi connectivity index (χ0v) is 12.6. The van der Waals surface area contributed by atoms with Crippen molar-refractivity contribution in [2.45, 2.75) is 25.9 Å². The third-order valence-electron chi connectivity index (χ3n) is 3.12. The lowest BCUT2D eigenvalue weighted by atomic mass is 10.1. The Hall–Kier alpha value is -1.47. The number of hydrogen-bond acceptors (Lipinski definition) is 4. The molecule has 0 aliphatic rings. The maximum atomic E-state index is 12.9. The first-order chi connectivity index (χ1) is 10.4. The first-order valence-corrected chi connectivity index (χ1v) is 7.24. The maximum absolute atomic E-state index is 12.9. The lowest BCUT2D eigenvalue weighted by Crippen LogP contribution is -2.30. The molecule has 0 radical (unpaired) electrons. The van der Waals surface area contributed by atoms with Gasteiger partial charge in [0.05, 0.1) is 31.1 Å². The first kappa shape index (κ1) is 18.6. The lowest BCUT2D eigenvalue weighted by Gasteiger charge is -2.26. The predicted octanol–water partition coefficient (Wildman–Crippen LogP) is 2.68. The number of hydrogen-bond donors (Lipinski definition) is 2. The van der Waals surface area contributed by atoms with Crippen molar-refractivity contribution < 1.29 is 28.1 Å². The van der Waals surface area contributed by atoms with E-state index in [1.54, 1.807) is 0 Å². The molecule has 0 atom stereocenters. The van der Waals surface area contributed by atoms with Gasteiger partial charge in [0.15, 0.2) is 0 Å². The number of rotatable bonds is 9. The summed E-state index contributed by atoms with van der Waals surface area (Å²) < 4.78 is 44.2. The predicted molar refractivity (Wildman–Crippen MR) is 78.2 cm³/mol. The summed E-state index contributed by atoms with van der Waals surface area (Å²) in [5.41, 5.74) is -0.555. The Bertz CT molecular complexity index is 446. The fourth-order valence-electron chi connectivity index (χ4n) is 1.98. The molecule has 126 valence electrons. The molecular weight excluding hydrogens is 299 g/mol. The third-order valence-corrected chi connectivity index (χ3v) is 3.12. The van der Waals surface area contributed by atoms with Crippen LogP contribution in [0.4, 0.5) is 18.9 Å². The number of anilines is 1. The molecule has 1 aromatic rings. The first-order valence-electron chi connectivity index (χ1n) is 7.24. The Kier molecular flexibility index (Phi) is 7.47. The van der Waals surface area contributed by atoms with Crippen molar-refractivity contribution in [1.82, 2.24) is 0 Å². The van der Waals surface area contributed by atoms with E-state index >= 15 is 0 Å². The van der Waals surface area contributed by atoms with E-state index in [1.807, 2.05) is 6.92 Å². The normalized spacial score (nSPS) is 11.5. The topological polar surface area (TPSA) is 52.9 Å². The van der Waals surface area contributed by atoms with Crippen LogP contribution in [-0.4, -0.2) is 43.1 Å². The Balaban J connectivity index is 3.13. The van der Waals surface area contributed by atoms with E-state index in [4.69, 9.17) is 14.9 Å². The number of aliphatic hydroxyl groups is 2. The molecule has 0 fully saturated rings. The Morgan fingerprint density at radius 2 is 1.77 bits per heavy atom. The van der Waals surface area contributed by atoms with Crippen LogP contribution < -0.4 is 9.64 Å². The van der Waals surface area contributed by atoms with Gasteiger partial charge in [0.25, 0.3) is 0 Å². The lowest BCUT2D eigenvalue weighted by molar-refractivity contribution is -0.137. The average Bonchev–Trinajstić information content (AvgIpc) is 2.46. The largest absolute Gasteiger partial charge is 0.491 e. The summed E-state index contributed by atoms with van der Waals surface area (Å²) in [6.07, 6.45) is -2.76. The maximum Gasteiger partial charge on any atom is 0.416 e. The molecule has 1 rings (SSSR count). The molecule has 0 unspecified atom stereocenters. The van der Waals surface area contributed by atoms with Crippen molar-refractivity contribution >= 4 is 5.69 Å². The number of alkyl halides is 3. The molecule has 0 aliphatic heterocycles. The quantitative estimate of drug-likeness (QED) is 0.687. The van der Waals surface area contributed by atoms with E-state index in [-0.39, 0.29) is 32.0 Å². The molecule has 0 bridgehead atoms. The van der Waals surface area contributed by atoms with Gasteiger partial charge in [-0.2, -0.15) is 13.2 Å². The van der Waals surface area contributed by atoms with Crippen molar-refractivity contribution in [3.05, 3.63) is 23.8 Å². The molecule has 0 saturated carbocycles. The zero-order valence-electron chi connectivity index (χ0n) is 12.6. The van der Waals surface area contributed by atoms with Gasteiger partial charge in [-0.3, -0.25) is 0 Å². The van der Waals surface area contributed by atoms with Crippen molar-refractivity contribution in [3.63, 3.8) is 0 Å². The van der Waals surface area contributed by atoms with Gasteiger partial charge in [0, 0.05) is 13.1 Å². The number of halogens is 3. The van der Waals surface area contributed by atoms with Crippen LogP contribution in [0.3, 0.4) is 0 Å². The zero-order chi connectivity index (χ0) is 16.6. The van der Waals surface area contributed by atoms with Crippen LogP contribution in [-0.2, 0) is 6.18 Å². The van der Waals surface area contributed by atoms with E-state index in [0.717, 1.165) is 25.0 Å². The van der Waals surface area contributed by atoms with Gasteiger partial charge in [-0.15, -0.1) is 0 Å². The molecule has 2 N–H and O–H groups in total. The SMILES string of the molecule is CCCCOc1ccc(C(F)(F)F)cc1N(CCO)CCO. The Morgan fingerprint density at radius 1 is 1.14 bits per heavy atom. The van der Waals surface area contributed by atoms with E-state index in [2.05, 4.69) is 0 Å². The molecule has 22 heavy (non-hydrogen) atoms. The number of ether oxygens (including phenoxy) is 1. The van der Waals surface area contributed by atoms with Gasteiger partial charge in [0.2, 0.25) is 0 Å². The molecule has 0 aromatic heterocycles. The van der Waals surface area contributed by atoms with Crippen LogP contribution >= 0.6 is 0 Å². The highest BCUT2D eigenvalue weighted by atomic mass is 19.4. The van der Waals surface area contributed by atoms with Crippen LogP contribution in [0.15, 0.2) is 18.2 Å². The van der Waals surface area contributed by atoms with E-state index in [9.17, 15) is 13.2 Å². The van der Waals surface area contributed by atoms with Crippen molar-refractivity contribution in [3.8, 4) is 5.75 Å². The fourth-order valence-corrected chi connectivity index (χ4v) is 1.98. The summed E-state index contributed by atoms with van der Waals surface area (Å²) in [7, 11) is 0. The van der Waals surface area contributed by atoms with E-state index < -0.39 is 11.7 Å². The minimum atomic E-state index is -4.46. The average molecular weight is 321 g/mol. The van der Waals surface area contributed by atoms with Gasteiger partial charge in [-0.05, 0) is 24.6 Å². The standard InChI is InChI=1S/C15H22F3NO3/c1-2-3-10-22-14-5-4-12(15(16,17)18)11-13(14)19(6-8-20)7-9-21/h4-5,11,20-21H,2-3,6-10H2,1H3. The summed E-state index contributed by atoms with van der Waals surface area (Å²) >= 11 is 0. The van der Waals surface area contributed by atoms with Crippen LogP contribution in [0.5, 0.6) is 5.75 Å². The molecule has 0 amide bonds. The highest BCUT2D eigenvalue weighted by Gasteiger charge is 2.31. The monoisotopic (exact) mass is 321 g/mol. The molecule has 0 spiro atoms. The number of benzene rings is 1. The van der Waals surface area contributed by atoms with Gasteiger partial charge in [0.1, 0.15) is 5.75 Å². The summed E-state index contributed by atoms with van der Waals surface area (Å²) in [5, 5.41) is 18.1. The number of unbranched alkanes of at least 4 members (excludes halogenated alkanes) is 1. The van der Waals surface area contributed by atoms with E-state index in [1.165, 1.54) is 11.0 Å². The van der Waals surface area contributed by atoms with Gasteiger partial charge in [-0.1, -0.05) is 13.3 Å². The molecule has 7 heteroatoms. The highest BCUT2D eigenvalue weighted by Crippen LogP contribution is 2.36. The minimum absolute atomic E-state index is 0.117. The smallest absolute Gasteiger partial charge is 0.416 e. The van der Waals surface area contributed by atoms with Gasteiger partial charge >= 0.3 is 6.18 Å². The summed E-state index contributed by atoms with van der Waals surface area (Å²) in [4.78, 5) is 1.48. The fraction of sp³-hybridized carbons (Fsp3) is 0.600. The second-order valence-corrected chi connectivity index (χ2v) is 4.82. The number of nitrogens with zero attached hydrogens (tertiary/aromatic N) is 1. The molecule has 0 aliphatic carbocycles. The molecular formula is C15H22F3NO3. The molecule has 1 aromatic carbocycles. The van der Waals surface area contributed by atoms with Crippen molar-refractivity contribution in [1.29, 1.82) is 0 Å². The second kappa shape index (κ2) is 8.85. The second-order valence-electron chi connectivity index (χ2n) is 4.82. The molecule has 0 saturated heterocycles. The van der Waals surface area contributed by atoms with Crippen LogP contribution in [0.1, 0.15) is 25.3 Å². The van der Waals surface area contributed by atoms with Crippen LogP contribution in [0.25, 0.3) is 0 Å². The molecule has 4 nitrogen and oxygen atoms in total. The van der Waals surface area contributed by atoms with Gasteiger partial charge < -0.3 is 19.8 Å². The highest BCUT2D eigenvalue weighted by molar-refractivity contribution is 5.60. The van der Waals surface area contributed by atoms with Crippen LogP contribution in [0.2, 0.25) is 0 Å². The summed E-state index contributed by atoms with van der Waals surface area (Å²) in [5.74, 6) is 0.323. The van der Waals surface area contributed by atoms with Crippen molar-refractivity contribution in [2.75, 3.05) is 37.8 Å². The molecule has 0 heterocycles. The Morgan fingerprint density at radius 3 is 2.27 bits per heavy atom.